The van der Waals surface area contributed by atoms with Gasteiger partial charge in [0.2, 0.25) is 0 Å². The number of ketones is 1. The van der Waals surface area contributed by atoms with Gasteiger partial charge in [-0.1, -0.05) is 12.1 Å². The molecule has 0 aromatic heterocycles. The van der Waals surface area contributed by atoms with Crippen molar-refractivity contribution in [3.63, 3.8) is 0 Å². The van der Waals surface area contributed by atoms with Crippen molar-refractivity contribution in [3.05, 3.63) is 58.7 Å². The van der Waals surface area contributed by atoms with E-state index in [1.165, 1.54) is 37.9 Å². The van der Waals surface area contributed by atoms with Gasteiger partial charge in [-0.2, -0.15) is 0 Å². The van der Waals surface area contributed by atoms with E-state index in [9.17, 15) is 4.79 Å². The summed E-state index contributed by atoms with van der Waals surface area (Å²) < 4.78 is 0. The Labute approximate surface area is 123 Å². The van der Waals surface area contributed by atoms with Gasteiger partial charge < -0.3 is 0 Å². The second-order valence-electron chi connectivity index (χ2n) is 6.19. The summed E-state index contributed by atoms with van der Waals surface area (Å²) in [6.07, 6.45) is 8.20. The molecule has 0 aliphatic heterocycles. The molecule has 21 heavy (non-hydrogen) atoms. The Morgan fingerprint density at radius 1 is 1.00 bits per heavy atom. The van der Waals surface area contributed by atoms with Gasteiger partial charge in [-0.05, 0) is 41.3 Å². The molecular weight excluding hydrogens is 256 g/mol. The van der Waals surface area contributed by atoms with Crippen LogP contribution < -0.4 is 5.22 Å². The molecule has 0 bridgehead atoms. The van der Waals surface area contributed by atoms with Gasteiger partial charge in [0, 0.05) is 35.4 Å². The predicted molar refractivity (Wildman–Crippen MR) is 86.4 cm³/mol. The van der Waals surface area contributed by atoms with Crippen LogP contribution in [0.5, 0.6) is 0 Å². The highest BCUT2D eigenvalue weighted by molar-refractivity contribution is 6.17. The van der Waals surface area contributed by atoms with Crippen LogP contribution in [-0.4, -0.2) is 5.78 Å². The molecule has 100 valence electrons. The molecule has 2 aliphatic carbocycles. The predicted octanol–water partition coefficient (Wildman–Crippen LogP) is 3.77. The molecule has 0 radical (unpaired) electrons. The molecule has 0 atom stereocenters. The van der Waals surface area contributed by atoms with Gasteiger partial charge in [-0.15, -0.1) is 0 Å². The molecule has 0 fully saturated rings. The van der Waals surface area contributed by atoms with Gasteiger partial charge in [-0.25, -0.2) is 0 Å². The topological polar surface area (TPSA) is 17.1 Å². The van der Waals surface area contributed by atoms with Crippen LogP contribution in [0.15, 0.2) is 30.3 Å². The van der Waals surface area contributed by atoms with E-state index in [0.717, 1.165) is 24.8 Å². The van der Waals surface area contributed by atoms with E-state index in [1.54, 1.807) is 0 Å². The summed E-state index contributed by atoms with van der Waals surface area (Å²) >= 11 is 0. The Bertz CT molecular complexity index is 978. The number of aryl methyl sites for hydroxylation is 1. The van der Waals surface area contributed by atoms with Crippen LogP contribution in [0.3, 0.4) is 0 Å². The maximum Gasteiger partial charge on any atom is 0.163 e. The van der Waals surface area contributed by atoms with Gasteiger partial charge >= 0.3 is 0 Å². The zero-order chi connectivity index (χ0) is 14.0. The molecule has 0 saturated heterocycles. The molecule has 1 heteroatoms. The zero-order valence-corrected chi connectivity index (χ0v) is 11.8. The Morgan fingerprint density at radius 2 is 1.95 bits per heavy atom. The van der Waals surface area contributed by atoms with Crippen LogP contribution in [0.1, 0.15) is 34.3 Å². The van der Waals surface area contributed by atoms with Crippen molar-refractivity contribution in [1.82, 2.24) is 0 Å². The molecule has 0 N–H and O–H groups in total. The molecule has 0 unspecified atom stereocenters. The quantitative estimate of drug-likeness (QED) is 0.569. The summed E-state index contributed by atoms with van der Waals surface area (Å²) in [6.45, 7) is 0. The highest BCUT2D eigenvalue weighted by atomic mass is 16.1. The summed E-state index contributed by atoms with van der Waals surface area (Å²) in [6, 6.07) is 11.0. The highest BCUT2D eigenvalue weighted by Gasteiger charge is 2.24. The van der Waals surface area contributed by atoms with Gasteiger partial charge in [0.15, 0.2) is 5.78 Å². The first-order valence-corrected chi connectivity index (χ1v) is 7.69. The van der Waals surface area contributed by atoms with E-state index in [1.807, 2.05) is 0 Å². The third-order valence-electron chi connectivity index (χ3n) is 5.03. The molecule has 3 aromatic carbocycles. The molecule has 5 rings (SSSR count). The molecule has 3 aromatic rings. The molecule has 0 amide bonds. The van der Waals surface area contributed by atoms with E-state index in [0.29, 0.717) is 12.2 Å². The molecule has 0 spiro atoms. The van der Waals surface area contributed by atoms with Crippen molar-refractivity contribution in [2.75, 3.05) is 0 Å². The summed E-state index contributed by atoms with van der Waals surface area (Å²) in [7, 11) is 0. The third-order valence-corrected chi connectivity index (χ3v) is 5.03. The number of hydrogen-bond donors (Lipinski definition) is 0. The fourth-order valence-electron chi connectivity index (χ4n) is 4.08. The van der Waals surface area contributed by atoms with Crippen LogP contribution in [-0.2, 0) is 12.8 Å². The van der Waals surface area contributed by atoms with Crippen LogP contribution in [0.4, 0.5) is 0 Å². The lowest BCUT2D eigenvalue weighted by Gasteiger charge is -2.19. The monoisotopic (exact) mass is 271 g/mol. The van der Waals surface area contributed by atoms with Gasteiger partial charge in [-0.3, -0.25) is 4.79 Å². The molecule has 0 saturated carbocycles. The largest absolute Gasteiger partial charge is 0.294 e. The number of benzene rings is 3. The number of rotatable bonds is 0. The summed E-state index contributed by atoms with van der Waals surface area (Å²) in [5.74, 6) is 0.315. The third kappa shape index (κ3) is 1.41. The van der Waals surface area contributed by atoms with Crippen molar-refractivity contribution in [3.8, 4) is 0 Å². The van der Waals surface area contributed by atoms with Crippen molar-refractivity contribution in [2.45, 2.75) is 25.7 Å². The van der Waals surface area contributed by atoms with Crippen molar-refractivity contribution in [1.29, 1.82) is 0 Å². The molecule has 0 heterocycles. The average molecular weight is 271 g/mol. The summed E-state index contributed by atoms with van der Waals surface area (Å²) in [5.41, 5.74) is 3.65. The van der Waals surface area contributed by atoms with E-state index < -0.39 is 0 Å². The zero-order valence-electron chi connectivity index (χ0n) is 11.8. The minimum atomic E-state index is 0.315. The maximum atomic E-state index is 12.3. The number of Topliss-reactive ketones (excluding diaryl/α,β-unsaturated/α-hetero) is 1. The maximum absolute atomic E-state index is 12.3. The van der Waals surface area contributed by atoms with E-state index >= 15 is 0 Å². The minimum Gasteiger partial charge on any atom is -0.294 e. The van der Waals surface area contributed by atoms with E-state index in [4.69, 9.17) is 0 Å². The number of carbonyl (C=O) groups is 1. The van der Waals surface area contributed by atoms with Gasteiger partial charge in [0.25, 0.3) is 0 Å². The Morgan fingerprint density at radius 3 is 2.90 bits per heavy atom. The highest BCUT2D eigenvalue weighted by Crippen LogP contribution is 2.36. The summed E-state index contributed by atoms with van der Waals surface area (Å²) in [5, 5.41) is 6.59. The molecular formula is C20H15O+. The van der Waals surface area contributed by atoms with E-state index in [-0.39, 0.29) is 0 Å². The van der Waals surface area contributed by atoms with E-state index in [2.05, 4.69) is 42.8 Å². The normalized spacial score (nSPS) is 16.7. The van der Waals surface area contributed by atoms with Crippen LogP contribution in [0, 0.1) is 6.42 Å². The van der Waals surface area contributed by atoms with Crippen molar-refractivity contribution in [2.24, 2.45) is 0 Å². The Hall–Kier alpha value is -2.28. The second kappa shape index (κ2) is 3.88. The standard InChI is InChI=1S/C20H15O/c21-18-6-2-5-15-16-10-9-13-4-1-3-12-7-8-14(11-17(15)18)20(16)19(12)13/h1,3,7-11H,2,4-6H2/q+1. The molecule has 1 nitrogen and oxygen atoms in total. The van der Waals surface area contributed by atoms with Gasteiger partial charge in [0.1, 0.15) is 11.3 Å². The minimum absolute atomic E-state index is 0.315. The lowest BCUT2D eigenvalue weighted by atomic mass is 9.82. The van der Waals surface area contributed by atoms with Gasteiger partial charge in [0.05, 0.1) is 11.8 Å². The SMILES string of the molecule is O=C1CCCc2c1cc1ccc3c4c(ccc2c14)C[CH+]C=3. The first-order valence-electron chi connectivity index (χ1n) is 7.69. The fraction of sp³-hybridized carbons (Fsp3) is 0.200. The number of fused-ring (bicyclic) bond motifs is 2. The number of hydrogen-bond acceptors (Lipinski definition) is 1. The summed E-state index contributed by atoms with van der Waals surface area (Å²) in [4.78, 5) is 12.3. The van der Waals surface area contributed by atoms with Crippen molar-refractivity contribution < 1.29 is 4.79 Å². The average Bonchev–Trinajstić information content (AvgIpc) is 2.53. The van der Waals surface area contributed by atoms with Crippen LogP contribution in [0.2, 0.25) is 0 Å². The Kier molecular flexibility index (Phi) is 2.11. The second-order valence-corrected chi connectivity index (χ2v) is 6.19. The number of carbonyl (C=O) groups excluding carboxylic acids is 1. The first-order chi connectivity index (χ1) is 10.3. The van der Waals surface area contributed by atoms with Crippen LogP contribution >= 0.6 is 0 Å². The molecule has 2 aliphatic rings. The first kappa shape index (κ1) is 11.4. The smallest absolute Gasteiger partial charge is 0.163 e. The van der Waals surface area contributed by atoms with Crippen LogP contribution in [0.25, 0.3) is 27.6 Å². The van der Waals surface area contributed by atoms with Crippen molar-refractivity contribution >= 4 is 33.4 Å². The fourth-order valence-corrected chi connectivity index (χ4v) is 4.08. The Balaban J connectivity index is 2.07. The lowest BCUT2D eigenvalue weighted by molar-refractivity contribution is 0.0973. The lowest BCUT2D eigenvalue weighted by Crippen LogP contribution is -2.14.